The first-order valence-electron chi connectivity index (χ1n) is 7.63. The van der Waals surface area contributed by atoms with Crippen LogP contribution in [0.1, 0.15) is 35.3 Å². The lowest BCUT2D eigenvalue weighted by molar-refractivity contribution is 0.0462. The molecular weight excluding hydrogens is 298 g/mol. The second-order valence-electron chi connectivity index (χ2n) is 5.95. The fraction of sp³-hybridized carbons (Fsp3) is 0.500. The van der Waals surface area contributed by atoms with Gasteiger partial charge < -0.3 is 15.0 Å². The summed E-state index contributed by atoms with van der Waals surface area (Å²) in [7, 11) is 0. The van der Waals surface area contributed by atoms with Gasteiger partial charge in [-0.15, -0.1) is 11.3 Å². The number of aliphatic hydroxyl groups is 1. The number of carbonyl (C=O) groups is 1. The maximum Gasteiger partial charge on any atom is 0.270 e. The highest BCUT2D eigenvalue weighted by Crippen LogP contribution is 2.25. The number of rotatable bonds is 3. The first-order valence-corrected chi connectivity index (χ1v) is 8.51. The van der Waals surface area contributed by atoms with Crippen molar-refractivity contribution in [1.29, 1.82) is 0 Å². The molecule has 3 heterocycles. The Labute approximate surface area is 134 Å². The molecule has 0 radical (unpaired) electrons. The van der Waals surface area contributed by atoms with Crippen LogP contribution in [0.25, 0.3) is 11.3 Å². The van der Waals surface area contributed by atoms with Gasteiger partial charge in [-0.05, 0) is 32.8 Å². The smallest absolute Gasteiger partial charge is 0.270 e. The van der Waals surface area contributed by atoms with Crippen molar-refractivity contribution in [3.05, 3.63) is 28.3 Å². The van der Waals surface area contributed by atoms with E-state index in [0.717, 1.165) is 35.7 Å². The number of likely N-dealkylation sites (tertiary alicyclic amines) is 1. The number of nitrogens with one attached hydrogen (secondary N) is 1. The summed E-state index contributed by atoms with van der Waals surface area (Å²) in [5.74, 6) is 0.178. The molecule has 1 amide bonds. The van der Waals surface area contributed by atoms with E-state index in [9.17, 15) is 9.90 Å². The van der Waals surface area contributed by atoms with Gasteiger partial charge in [0.2, 0.25) is 0 Å². The van der Waals surface area contributed by atoms with Gasteiger partial charge in [-0.1, -0.05) is 0 Å². The summed E-state index contributed by atoms with van der Waals surface area (Å²) in [6, 6.07) is 1.86. The number of H-pyrrole nitrogens is 1. The first kappa shape index (κ1) is 15.2. The number of thiazole rings is 1. The standard InChI is InChI=1S/C16H21N3O2S/c1-10(20)12-4-3-5-19(8-12)16(21)14-6-13(7-17-14)15-9-22-11(2)18-15/h6-7,9-10,12,17,20H,3-5,8H2,1-2H3. The van der Waals surface area contributed by atoms with Crippen LogP contribution < -0.4 is 0 Å². The van der Waals surface area contributed by atoms with Crippen LogP contribution in [-0.4, -0.2) is 45.1 Å². The Morgan fingerprint density at radius 3 is 3.09 bits per heavy atom. The molecule has 1 saturated heterocycles. The average Bonchev–Trinajstić information content (AvgIpc) is 3.15. The number of amides is 1. The molecule has 0 spiro atoms. The summed E-state index contributed by atoms with van der Waals surface area (Å²) >= 11 is 1.60. The van der Waals surface area contributed by atoms with Gasteiger partial charge in [-0.25, -0.2) is 4.98 Å². The zero-order valence-electron chi connectivity index (χ0n) is 12.9. The average molecular weight is 319 g/mol. The van der Waals surface area contributed by atoms with E-state index in [0.29, 0.717) is 12.2 Å². The van der Waals surface area contributed by atoms with Gasteiger partial charge >= 0.3 is 0 Å². The number of aromatic amines is 1. The zero-order chi connectivity index (χ0) is 15.7. The van der Waals surface area contributed by atoms with Crippen LogP contribution in [0.2, 0.25) is 0 Å². The molecule has 0 saturated carbocycles. The van der Waals surface area contributed by atoms with E-state index in [2.05, 4.69) is 9.97 Å². The van der Waals surface area contributed by atoms with Gasteiger partial charge in [0.05, 0.1) is 16.8 Å². The summed E-state index contributed by atoms with van der Waals surface area (Å²) in [4.78, 5) is 22.0. The Hall–Kier alpha value is -1.66. The van der Waals surface area contributed by atoms with E-state index in [-0.39, 0.29) is 17.9 Å². The van der Waals surface area contributed by atoms with Crippen molar-refractivity contribution in [2.24, 2.45) is 5.92 Å². The largest absolute Gasteiger partial charge is 0.393 e. The predicted molar refractivity (Wildman–Crippen MR) is 86.9 cm³/mol. The lowest BCUT2D eigenvalue weighted by Gasteiger charge is -2.33. The van der Waals surface area contributed by atoms with E-state index >= 15 is 0 Å². The Morgan fingerprint density at radius 2 is 2.41 bits per heavy atom. The van der Waals surface area contributed by atoms with Crippen LogP contribution in [0.5, 0.6) is 0 Å². The zero-order valence-corrected chi connectivity index (χ0v) is 13.7. The Morgan fingerprint density at radius 1 is 1.59 bits per heavy atom. The number of hydrogen-bond donors (Lipinski definition) is 2. The van der Waals surface area contributed by atoms with Crippen molar-refractivity contribution in [3.8, 4) is 11.3 Å². The number of aromatic nitrogens is 2. The number of aryl methyl sites for hydroxylation is 1. The van der Waals surface area contributed by atoms with Crippen LogP contribution in [0, 0.1) is 12.8 Å². The first-order chi connectivity index (χ1) is 10.5. The summed E-state index contributed by atoms with van der Waals surface area (Å²) in [6.07, 6.45) is 3.39. The molecule has 22 heavy (non-hydrogen) atoms. The summed E-state index contributed by atoms with van der Waals surface area (Å²) in [6.45, 7) is 5.15. The van der Waals surface area contributed by atoms with E-state index < -0.39 is 0 Å². The molecule has 2 N–H and O–H groups in total. The van der Waals surface area contributed by atoms with E-state index in [1.807, 2.05) is 29.5 Å². The molecule has 2 aromatic rings. The third-order valence-corrected chi connectivity index (χ3v) is 5.03. The highest BCUT2D eigenvalue weighted by Gasteiger charge is 2.27. The van der Waals surface area contributed by atoms with Crippen LogP contribution in [0.15, 0.2) is 17.6 Å². The molecule has 3 rings (SSSR count). The lowest BCUT2D eigenvalue weighted by Crippen LogP contribution is -2.43. The van der Waals surface area contributed by atoms with E-state index in [4.69, 9.17) is 0 Å². The molecule has 118 valence electrons. The predicted octanol–water partition coefficient (Wildman–Crippen LogP) is 2.68. The molecule has 1 aliphatic rings. The van der Waals surface area contributed by atoms with Gasteiger partial charge in [0.15, 0.2) is 0 Å². The highest BCUT2D eigenvalue weighted by atomic mass is 32.1. The van der Waals surface area contributed by atoms with Crippen LogP contribution in [0.3, 0.4) is 0 Å². The third kappa shape index (κ3) is 3.08. The molecule has 2 atom stereocenters. The summed E-state index contributed by atoms with van der Waals surface area (Å²) < 4.78 is 0. The van der Waals surface area contributed by atoms with Crippen LogP contribution in [0.4, 0.5) is 0 Å². The van der Waals surface area contributed by atoms with Crippen molar-refractivity contribution >= 4 is 17.2 Å². The molecule has 2 unspecified atom stereocenters. The van der Waals surface area contributed by atoms with Crippen LogP contribution >= 0.6 is 11.3 Å². The monoisotopic (exact) mass is 319 g/mol. The quantitative estimate of drug-likeness (QED) is 0.914. The van der Waals surface area contributed by atoms with Gasteiger partial charge in [0.25, 0.3) is 5.91 Å². The van der Waals surface area contributed by atoms with E-state index in [1.165, 1.54) is 0 Å². The molecule has 1 aliphatic heterocycles. The number of carbonyl (C=O) groups excluding carboxylic acids is 1. The van der Waals surface area contributed by atoms with Gasteiger partial charge in [-0.2, -0.15) is 0 Å². The molecule has 6 heteroatoms. The minimum Gasteiger partial charge on any atom is -0.393 e. The van der Waals surface area contributed by atoms with Gasteiger partial charge in [0.1, 0.15) is 5.69 Å². The minimum atomic E-state index is -0.368. The fourth-order valence-corrected chi connectivity index (χ4v) is 3.54. The molecular formula is C16H21N3O2S. The number of hydrogen-bond acceptors (Lipinski definition) is 4. The van der Waals surface area contributed by atoms with Crippen molar-refractivity contribution in [3.63, 3.8) is 0 Å². The third-order valence-electron chi connectivity index (χ3n) is 4.26. The number of aliphatic hydroxyl groups excluding tert-OH is 1. The SMILES string of the molecule is Cc1nc(-c2c[nH]c(C(=O)N3CCCC(C(C)O)C3)c2)cs1. The molecule has 1 fully saturated rings. The topological polar surface area (TPSA) is 69.2 Å². The van der Waals surface area contributed by atoms with Crippen molar-refractivity contribution in [1.82, 2.24) is 14.9 Å². The normalized spacial score (nSPS) is 20.1. The van der Waals surface area contributed by atoms with E-state index in [1.54, 1.807) is 18.3 Å². The number of piperidine rings is 1. The Bertz CT molecular complexity index is 662. The maximum absolute atomic E-state index is 12.6. The molecule has 5 nitrogen and oxygen atoms in total. The van der Waals surface area contributed by atoms with Crippen molar-refractivity contribution in [2.45, 2.75) is 32.8 Å². The minimum absolute atomic E-state index is 0.00329. The Kier molecular flexibility index (Phi) is 4.31. The highest BCUT2D eigenvalue weighted by molar-refractivity contribution is 7.09. The fourth-order valence-electron chi connectivity index (χ4n) is 2.92. The Balaban J connectivity index is 1.74. The lowest BCUT2D eigenvalue weighted by atomic mass is 9.93. The number of nitrogens with zero attached hydrogens (tertiary/aromatic N) is 2. The summed E-state index contributed by atoms with van der Waals surface area (Å²) in [5, 5.41) is 12.8. The van der Waals surface area contributed by atoms with Crippen LogP contribution in [-0.2, 0) is 0 Å². The van der Waals surface area contributed by atoms with Crippen molar-refractivity contribution < 1.29 is 9.90 Å². The summed E-state index contributed by atoms with van der Waals surface area (Å²) in [5.41, 5.74) is 2.43. The molecule has 2 aromatic heterocycles. The molecule has 0 aromatic carbocycles. The van der Waals surface area contributed by atoms with Gasteiger partial charge in [-0.3, -0.25) is 4.79 Å². The molecule has 0 bridgehead atoms. The van der Waals surface area contributed by atoms with Crippen molar-refractivity contribution in [2.75, 3.05) is 13.1 Å². The maximum atomic E-state index is 12.6. The molecule has 0 aliphatic carbocycles. The second kappa shape index (κ2) is 6.22. The second-order valence-corrected chi connectivity index (χ2v) is 7.01. The van der Waals surface area contributed by atoms with Gasteiger partial charge in [0, 0.05) is 36.1 Å².